The van der Waals surface area contributed by atoms with Crippen molar-refractivity contribution in [1.29, 1.82) is 0 Å². The van der Waals surface area contributed by atoms with E-state index in [1.807, 2.05) is 10.9 Å². The molecule has 0 bridgehead atoms. The quantitative estimate of drug-likeness (QED) is 0.747. The summed E-state index contributed by atoms with van der Waals surface area (Å²) in [6.45, 7) is 3.50. The normalized spacial score (nSPS) is 10.9. The molecule has 2 aromatic rings. The smallest absolute Gasteiger partial charge is 0.0685 e. The summed E-state index contributed by atoms with van der Waals surface area (Å²) in [5.74, 6) is 0. The van der Waals surface area contributed by atoms with E-state index in [4.69, 9.17) is 5.73 Å². The third-order valence-electron chi connectivity index (χ3n) is 2.14. The average Bonchev–Trinajstić information content (AvgIpc) is 2.49. The number of aryl methyl sites for hydroxylation is 1. The van der Waals surface area contributed by atoms with Gasteiger partial charge in [-0.05, 0) is 18.6 Å². The van der Waals surface area contributed by atoms with Crippen molar-refractivity contribution in [3.63, 3.8) is 0 Å². The van der Waals surface area contributed by atoms with Gasteiger partial charge in [0.15, 0.2) is 0 Å². The largest absolute Gasteiger partial charge is 0.329 e. The number of rotatable bonds is 2. The van der Waals surface area contributed by atoms with Gasteiger partial charge in [-0.25, -0.2) is 0 Å². The topological polar surface area (TPSA) is 43.8 Å². The van der Waals surface area contributed by atoms with Crippen LogP contribution in [0.1, 0.15) is 5.56 Å². The second kappa shape index (κ2) is 3.18. The van der Waals surface area contributed by atoms with E-state index in [0.29, 0.717) is 6.54 Å². The van der Waals surface area contributed by atoms with Gasteiger partial charge >= 0.3 is 0 Å². The van der Waals surface area contributed by atoms with Gasteiger partial charge in [0, 0.05) is 11.9 Å². The first kappa shape index (κ1) is 8.26. The first-order valence-corrected chi connectivity index (χ1v) is 4.43. The highest BCUT2D eigenvalue weighted by molar-refractivity contribution is 5.79. The maximum Gasteiger partial charge on any atom is 0.0685 e. The summed E-state index contributed by atoms with van der Waals surface area (Å²) in [5, 5.41) is 5.44. The van der Waals surface area contributed by atoms with Crippen LogP contribution in [0.15, 0.2) is 24.4 Å². The summed E-state index contributed by atoms with van der Waals surface area (Å²) in [4.78, 5) is 0. The Hall–Kier alpha value is -1.35. The molecule has 1 aromatic heterocycles. The van der Waals surface area contributed by atoms with Crippen molar-refractivity contribution in [1.82, 2.24) is 9.78 Å². The van der Waals surface area contributed by atoms with Gasteiger partial charge in [0.05, 0.1) is 18.3 Å². The maximum absolute atomic E-state index is 5.49. The molecule has 0 saturated carbocycles. The fourth-order valence-corrected chi connectivity index (χ4v) is 1.48. The molecule has 0 radical (unpaired) electrons. The van der Waals surface area contributed by atoms with Gasteiger partial charge in [-0.15, -0.1) is 0 Å². The lowest BCUT2D eigenvalue weighted by atomic mass is 10.2. The molecule has 1 aromatic carbocycles. The summed E-state index contributed by atoms with van der Waals surface area (Å²) in [6, 6.07) is 6.32. The van der Waals surface area contributed by atoms with Crippen LogP contribution < -0.4 is 5.73 Å². The maximum atomic E-state index is 5.49. The van der Waals surface area contributed by atoms with Gasteiger partial charge in [0.1, 0.15) is 0 Å². The van der Waals surface area contributed by atoms with Crippen molar-refractivity contribution in [2.45, 2.75) is 13.5 Å². The molecule has 0 aliphatic carbocycles. The molecule has 0 saturated heterocycles. The molecule has 2 rings (SSSR count). The van der Waals surface area contributed by atoms with Gasteiger partial charge in [-0.3, -0.25) is 4.68 Å². The Kier molecular flexibility index (Phi) is 2.02. The van der Waals surface area contributed by atoms with E-state index in [-0.39, 0.29) is 0 Å². The number of hydrogen-bond donors (Lipinski definition) is 1. The zero-order valence-corrected chi connectivity index (χ0v) is 7.70. The highest BCUT2D eigenvalue weighted by Crippen LogP contribution is 2.14. The van der Waals surface area contributed by atoms with Gasteiger partial charge in [0.25, 0.3) is 0 Å². The standard InChI is InChI=1S/C10H13N3/c1-8-2-3-9-7-12-13(5-4-11)10(9)6-8/h2-3,6-7H,4-5,11H2,1H3. The number of fused-ring (bicyclic) bond motifs is 1. The zero-order chi connectivity index (χ0) is 9.26. The van der Waals surface area contributed by atoms with E-state index < -0.39 is 0 Å². The van der Waals surface area contributed by atoms with Gasteiger partial charge < -0.3 is 5.73 Å². The number of benzene rings is 1. The van der Waals surface area contributed by atoms with E-state index in [9.17, 15) is 0 Å². The van der Waals surface area contributed by atoms with E-state index in [1.54, 1.807) is 0 Å². The van der Waals surface area contributed by atoms with E-state index in [2.05, 4.69) is 30.2 Å². The van der Waals surface area contributed by atoms with Crippen LogP contribution in [0.25, 0.3) is 10.9 Å². The number of hydrogen-bond acceptors (Lipinski definition) is 2. The Balaban J connectivity index is 2.58. The fraction of sp³-hybridized carbons (Fsp3) is 0.300. The Morgan fingerprint density at radius 3 is 3.08 bits per heavy atom. The Labute approximate surface area is 77.2 Å². The van der Waals surface area contributed by atoms with Crippen molar-refractivity contribution in [2.24, 2.45) is 5.73 Å². The molecular weight excluding hydrogens is 162 g/mol. The molecule has 0 aliphatic heterocycles. The van der Waals surface area contributed by atoms with Crippen molar-refractivity contribution in [3.05, 3.63) is 30.0 Å². The molecule has 3 heteroatoms. The van der Waals surface area contributed by atoms with E-state index in [0.717, 1.165) is 6.54 Å². The van der Waals surface area contributed by atoms with Crippen molar-refractivity contribution >= 4 is 10.9 Å². The first-order chi connectivity index (χ1) is 6.31. The van der Waals surface area contributed by atoms with E-state index in [1.165, 1.54) is 16.5 Å². The Morgan fingerprint density at radius 2 is 2.31 bits per heavy atom. The number of nitrogens with zero attached hydrogens (tertiary/aromatic N) is 2. The highest BCUT2D eigenvalue weighted by atomic mass is 15.3. The minimum Gasteiger partial charge on any atom is -0.329 e. The fourth-order valence-electron chi connectivity index (χ4n) is 1.48. The van der Waals surface area contributed by atoms with Crippen LogP contribution in [0.4, 0.5) is 0 Å². The van der Waals surface area contributed by atoms with Crippen LogP contribution in [-0.2, 0) is 6.54 Å². The lowest BCUT2D eigenvalue weighted by Crippen LogP contribution is -2.10. The molecule has 1 heterocycles. The summed E-state index contributed by atoms with van der Waals surface area (Å²) in [5.41, 5.74) is 7.92. The highest BCUT2D eigenvalue weighted by Gasteiger charge is 2.00. The Bertz CT molecular complexity index is 417. The molecule has 0 atom stereocenters. The molecule has 0 spiro atoms. The van der Waals surface area contributed by atoms with Gasteiger partial charge in [-0.2, -0.15) is 5.10 Å². The molecule has 2 N–H and O–H groups in total. The summed E-state index contributed by atoms with van der Waals surface area (Å²) in [7, 11) is 0. The lowest BCUT2D eigenvalue weighted by molar-refractivity contribution is 0.646. The summed E-state index contributed by atoms with van der Waals surface area (Å²) in [6.07, 6.45) is 1.88. The summed E-state index contributed by atoms with van der Waals surface area (Å²) < 4.78 is 1.95. The third-order valence-corrected chi connectivity index (χ3v) is 2.14. The van der Waals surface area contributed by atoms with Crippen LogP contribution in [0.3, 0.4) is 0 Å². The molecule has 13 heavy (non-hydrogen) atoms. The van der Waals surface area contributed by atoms with Crippen LogP contribution in [0, 0.1) is 6.92 Å². The van der Waals surface area contributed by atoms with Crippen molar-refractivity contribution < 1.29 is 0 Å². The predicted molar refractivity (Wildman–Crippen MR) is 53.5 cm³/mol. The molecule has 0 aliphatic rings. The second-order valence-corrected chi connectivity index (χ2v) is 3.22. The van der Waals surface area contributed by atoms with Crippen LogP contribution in [0.5, 0.6) is 0 Å². The monoisotopic (exact) mass is 175 g/mol. The van der Waals surface area contributed by atoms with Crippen LogP contribution >= 0.6 is 0 Å². The first-order valence-electron chi connectivity index (χ1n) is 4.43. The summed E-state index contributed by atoms with van der Waals surface area (Å²) >= 11 is 0. The molecule has 0 amide bonds. The van der Waals surface area contributed by atoms with Crippen LogP contribution in [0.2, 0.25) is 0 Å². The number of aromatic nitrogens is 2. The molecule has 0 unspecified atom stereocenters. The zero-order valence-electron chi connectivity index (χ0n) is 7.70. The Morgan fingerprint density at radius 1 is 1.46 bits per heavy atom. The third kappa shape index (κ3) is 1.42. The molecule has 68 valence electrons. The van der Waals surface area contributed by atoms with Crippen molar-refractivity contribution in [2.75, 3.05) is 6.54 Å². The molecule has 3 nitrogen and oxygen atoms in total. The SMILES string of the molecule is Cc1ccc2cnn(CCN)c2c1. The molecular formula is C10H13N3. The predicted octanol–water partition coefficient (Wildman–Crippen LogP) is 1.30. The number of nitrogens with two attached hydrogens (primary N) is 1. The minimum absolute atomic E-state index is 0.630. The van der Waals surface area contributed by atoms with Gasteiger partial charge in [0.2, 0.25) is 0 Å². The van der Waals surface area contributed by atoms with Gasteiger partial charge in [-0.1, -0.05) is 12.1 Å². The average molecular weight is 175 g/mol. The second-order valence-electron chi connectivity index (χ2n) is 3.22. The van der Waals surface area contributed by atoms with Crippen LogP contribution in [-0.4, -0.2) is 16.3 Å². The van der Waals surface area contributed by atoms with Crippen molar-refractivity contribution in [3.8, 4) is 0 Å². The molecule has 0 fully saturated rings. The van der Waals surface area contributed by atoms with E-state index >= 15 is 0 Å². The lowest BCUT2D eigenvalue weighted by Gasteiger charge is -2.00. The minimum atomic E-state index is 0.630.